The minimum absolute atomic E-state index is 0.0227. The smallest absolute Gasteiger partial charge is 0.313 e. The second-order valence-corrected chi connectivity index (χ2v) is 23.7. The number of aromatic nitrogens is 1. The van der Waals surface area contributed by atoms with E-state index in [2.05, 4.69) is 76.6 Å². The van der Waals surface area contributed by atoms with Crippen LogP contribution in [-0.2, 0) is 15.9 Å². The first kappa shape index (κ1) is 44.8. The maximum atomic E-state index is 12.8. The molecule has 1 unspecified atom stereocenters. The summed E-state index contributed by atoms with van der Waals surface area (Å²) in [6, 6.07) is 5.42. The van der Waals surface area contributed by atoms with Crippen molar-refractivity contribution in [1.29, 1.82) is 5.26 Å². The quantitative estimate of drug-likeness (QED) is 0.146. The fourth-order valence-corrected chi connectivity index (χ4v) is 16.7. The molecule has 11 atom stereocenters. The Morgan fingerprint density at radius 2 is 1.74 bits per heavy atom. The Morgan fingerprint density at radius 3 is 2.39 bits per heavy atom. The molecule has 8 rings (SSSR count). The number of pyridine rings is 1. The van der Waals surface area contributed by atoms with Crippen LogP contribution < -0.4 is 10.1 Å². The van der Waals surface area contributed by atoms with Crippen LogP contribution in [0.3, 0.4) is 0 Å². The summed E-state index contributed by atoms with van der Waals surface area (Å²) in [6.07, 6.45) is 21.4. The van der Waals surface area contributed by atoms with Crippen molar-refractivity contribution < 1.29 is 28.5 Å². The zero-order valence-electron chi connectivity index (χ0n) is 37.8. The maximum absolute atomic E-state index is 12.8. The van der Waals surface area contributed by atoms with Gasteiger partial charge in [0, 0.05) is 17.0 Å². The van der Waals surface area contributed by atoms with E-state index in [0.717, 1.165) is 25.8 Å². The summed E-state index contributed by atoms with van der Waals surface area (Å²) in [7, 11) is 0. The average molecular weight is 855 g/mol. The van der Waals surface area contributed by atoms with Gasteiger partial charge in [0.05, 0.1) is 5.60 Å². The van der Waals surface area contributed by atoms with Crippen LogP contribution in [0.2, 0.25) is 0 Å². The lowest BCUT2D eigenvalue weighted by Gasteiger charge is -2.72. The van der Waals surface area contributed by atoms with Crippen molar-refractivity contribution in [3.8, 4) is 11.9 Å². The van der Waals surface area contributed by atoms with Crippen LogP contribution >= 0.6 is 0 Å². The molecule has 0 saturated heterocycles. The monoisotopic (exact) mass is 855 g/mol. The number of hydrogen-bond acceptors (Lipinski definition) is 8. The standard InChI is InChI=1S/C51H73N3O6S/c1-33(2)37-16-25-51(54-30-28-50(57)23-14-36(15-24-50)61(58)59)27-26-47(6)39(42(37)51)10-11-41-46(5)19-17-38(45(3,4)40(46)18-20-48(41,47)7)34-12-21-49(22-13-34,44(55)56)32-60-43-35(31-52)9-8-29-53-43/h8-9,12,17,29,36-37,39-42,54,57H,1,10-11,13-16,18-28,30,32H2,2-7H3,(H,55,56)(H,58,59)/p-1/t36?,37-,39+,40-,41+,42+,46-,47+,48+,49-,50?,51-/m0/s1. The van der Waals surface area contributed by atoms with Gasteiger partial charge >= 0.3 is 5.97 Å². The van der Waals surface area contributed by atoms with Crippen LogP contribution in [0.1, 0.15) is 156 Å². The van der Waals surface area contributed by atoms with Crippen molar-refractivity contribution in [3.63, 3.8) is 0 Å². The summed E-state index contributed by atoms with van der Waals surface area (Å²) in [5.74, 6) is 2.07. The highest BCUT2D eigenvalue weighted by molar-refractivity contribution is 7.79. The third kappa shape index (κ3) is 7.22. The molecule has 0 aliphatic heterocycles. The van der Waals surface area contributed by atoms with Gasteiger partial charge in [-0.2, -0.15) is 5.26 Å². The van der Waals surface area contributed by atoms with Crippen LogP contribution in [0.4, 0.5) is 0 Å². The number of fused-ring (bicyclic) bond motifs is 7. The van der Waals surface area contributed by atoms with Gasteiger partial charge < -0.3 is 24.8 Å². The van der Waals surface area contributed by atoms with Crippen molar-refractivity contribution in [2.45, 2.75) is 167 Å². The van der Waals surface area contributed by atoms with Gasteiger partial charge in [-0.15, -0.1) is 0 Å². The highest BCUT2D eigenvalue weighted by Crippen LogP contribution is 2.76. The predicted octanol–water partition coefficient (Wildman–Crippen LogP) is 9.99. The molecule has 5 fully saturated rings. The van der Waals surface area contributed by atoms with Gasteiger partial charge in [0.2, 0.25) is 5.88 Å². The van der Waals surface area contributed by atoms with Crippen molar-refractivity contribution >= 4 is 17.0 Å². The van der Waals surface area contributed by atoms with Gasteiger partial charge in [0.25, 0.3) is 0 Å². The van der Waals surface area contributed by atoms with E-state index in [0.29, 0.717) is 86.5 Å². The number of rotatable bonds is 11. The molecule has 1 aromatic rings. The average Bonchev–Trinajstić information content (AvgIpc) is 3.60. The first-order valence-corrected chi connectivity index (χ1v) is 24.7. The molecule has 0 spiro atoms. The summed E-state index contributed by atoms with van der Waals surface area (Å²) >= 11 is -2.06. The SMILES string of the molecule is C=C(C)[C@@H]1CC[C@]2(NCCC3(O)CCC(S(=O)[O-])CC3)CC[C@]3(C)[C@H](CC[C@@H]4[C@@]5(C)CC=C(C6=CC[C@](COc7ncccc7C#N)(C(=O)O)CC6)C(C)(C)[C@@H]5CC[C@]43C)[C@@H]12. The second-order valence-electron chi connectivity index (χ2n) is 22.5. The topological polar surface area (TPSA) is 156 Å². The Bertz CT molecular complexity index is 2030. The fourth-order valence-electron chi connectivity index (χ4n) is 16.0. The highest BCUT2D eigenvalue weighted by atomic mass is 32.2. The number of ether oxygens (including phenoxy) is 1. The number of carboxylic acid groups (broad SMARTS) is 1. The summed E-state index contributed by atoms with van der Waals surface area (Å²) in [6.45, 7) is 20.5. The molecule has 9 nitrogen and oxygen atoms in total. The van der Waals surface area contributed by atoms with E-state index < -0.39 is 28.1 Å². The van der Waals surface area contributed by atoms with E-state index in [1.165, 1.54) is 55.2 Å². The normalized spacial score (nSPS) is 43.2. The number of nitrogens with one attached hydrogen (secondary N) is 1. The summed E-state index contributed by atoms with van der Waals surface area (Å²) in [5, 5.41) is 35.4. The molecule has 0 amide bonds. The van der Waals surface area contributed by atoms with E-state index in [1.54, 1.807) is 18.3 Å². The van der Waals surface area contributed by atoms with Gasteiger partial charge in [-0.1, -0.05) is 70.0 Å². The third-order valence-electron chi connectivity index (χ3n) is 19.6. The summed E-state index contributed by atoms with van der Waals surface area (Å²) < 4.78 is 29.2. The number of carbonyl (C=O) groups is 1. The Labute approximate surface area is 368 Å². The lowest BCUT2D eigenvalue weighted by Crippen LogP contribution is -2.68. The molecule has 5 saturated carbocycles. The lowest BCUT2D eigenvalue weighted by atomic mass is 9.33. The molecule has 0 bridgehead atoms. The number of carboxylic acids is 1. The van der Waals surface area contributed by atoms with Crippen LogP contribution in [0.5, 0.6) is 5.88 Å². The first-order chi connectivity index (χ1) is 28.8. The number of nitriles is 1. The molecule has 7 aliphatic rings. The van der Waals surface area contributed by atoms with E-state index in [4.69, 9.17) is 4.74 Å². The van der Waals surface area contributed by atoms with Crippen molar-refractivity contribution in [3.05, 3.63) is 59.3 Å². The van der Waals surface area contributed by atoms with Crippen LogP contribution in [0.15, 0.2) is 53.8 Å². The Balaban J connectivity index is 1.00. The van der Waals surface area contributed by atoms with Crippen molar-refractivity contribution in [2.75, 3.05) is 13.2 Å². The highest BCUT2D eigenvalue weighted by Gasteiger charge is 2.70. The number of nitrogens with zero attached hydrogens (tertiary/aromatic N) is 2. The molecule has 0 aromatic carbocycles. The molecule has 0 radical (unpaired) electrons. The molecular weight excluding hydrogens is 783 g/mol. The molecule has 61 heavy (non-hydrogen) atoms. The predicted molar refractivity (Wildman–Crippen MR) is 238 cm³/mol. The molecule has 334 valence electrons. The lowest BCUT2D eigenvalue weighted by molar-refractivity contribution is -0.221. The van der Waals surface area contributed by atoms with Crippen molar-refractivity contribution in [1.82, 2.24) is 10.3 Å². The molecule has 7 aliphatic carbocycles. The van der Waals surface area contributed by atoms with Gasteiger partial charge in [0.1, 0.15) is 23.7 Å². The largest absolute Gasteiger partial charge is 0.772 e. The fraction of sp³-hybridized carbons (Fsp3) is 0.745. The van der Waals surface area contributed by atoms with E-state index in [-0.39, 0.29) is 44.9 Å². The van der Waals surface area contributed by atoms with Gasteiger partial charge in [-0.25, -0.2) is 4.98 Å². The summed E-state index contributed by atoms with van der Waals surface area (Å²) in [5.41, 5.74) is 3.04. The zero-order chi connectivity index (χ0) is 43.8. The van der Waals surface area contributed by atoms with Crippen LogP contribution in [-0.4, -0.2) is 59.5 Å². The number of aliphatic hydroxyl groups is 1. The Kier molecular flexibility index (Phi) is 11.7. The Morgan fingerprint density at radius 1 is 0.984 bits per heavy atom. The van der Waals surface area contributed by atoms with Gasteiger partial charge in [-0.05, 0) is 197 Å². The van der Waals surface area contributed by atoms with E-state index in [9.17, 15) is 29.0 Å². The minimum Gasteiger partial charge on any atom is -0.772 e. The number of allylic oxidation sites excluding steroid dienone is 5. The van der Waals surface area contributed by atoms with Gasteiger partial charge in [0.15, 0.2) is 0 Å². The van der Waals surface area contributed by atoms with E-state index >= 15 is 0 Å². The Hall–Kier alpha value is -2.84. The molecule has 1 aromatic heterocycles. The zero-order valence-corrected chi connectivity index (χ0v) is 38.6. The molecular formula is C51H72N3O6S-. The second kappa shape index (κ2) is 16.0. The molecule has 3 N–H and O–H groups in total. The van der Waals surface area contributed by atoms with E-state index in [1.807, 2.05) is 0 Å². The summed E-state index contributed by atoms with van der Waals surface area (Å²) in [4.78, 5) is 17.0. The van der Waals surface area contributed by atoms with Crippen LogP contribution in [0.25, 0.3) is 0 Å². The molecule has 1 heterocycles. The maximum Gasteiger partial charge on any atom is 0.313 e. The van der Waals surface area contributed by atoms with Gasteiger partial charge in [-0.3, -0.25) is 9.00 Å². The molecule has 10 heteroatoms. The number of aliphatic carboxylic acids is 1. The minimum atomic E-state index is -2.06. The third-order valence-corrected chi connectivity index (χ3v) is 20.7. The number of hydrogen-bond donors (Lipinski definition) is 3. The van der Waals surface area contributed by atoms with Crippen molar-refractivity contribution in [2.24, 2.45) is 56.7 Å². The first-order valence-electron chi connectivity index (χ1n) is 23.6. The van der Waals surface area contributed by atoms with Crippen LogP contribution in [0, 0.1) is 68.0 Å².